The van der Waals surface area contributed by atoms with Crippen LogP contribution in [-0.4, -0.2) is 6.54 Å². The lowest BCUT2D eigenvalue weighted by Gasteiger charge is -2.28. The zero-order valence-corrected chi connectivity index (χ0v) is 14.2. The molecular weight excluding hydrogens is 336 g/mol. The molecule has 1 N–H and O–H groups in total. The molecule has 0 heterocycles. The maximum atomic E-state index is 13.8. The van der Waals surface area contributed by atoms with Crippen molar-refractivity contribution in [2.24, 2.45) is 5.92 Å². The van der Waals surface area contributed by atoms with Gasteiger partial charge < -0.3 is 5.32 Å². The average Bonchev–Trinajstić information content (AvgIpc) is 2.51. The lowest BCUT2D eigenvalue weighted by Crippen LogP contribution is -2.26. The second-order valence-corrected chi connectivity index (χ2v) is 6.80. The molecule has 1 aromatic carbocycles. The molecule has 2 rings (SSSR count). The summed E-state index contributed by atoms with van der Waals surface area (Å²) in [6.07, 6.45) is 8.47. The minimum absolute atomic E-state index is 0.0949. The van der Waals surface area contributed by atoms with E-state index in [-0.39, 0.29) is 10.5 Å². The van der Waals surface area contributed by atoms with Gasteiger partial charge in [0.15, 0.2) is 11.6 Å². The third kappa shape index (κ3) is 4.49. The summed E-state index contributed by atoms with van der Waals surface area (Å²) in [6.45, 7) is 3.01. The fourth-order valence-electron chi connectivity index (χ4n) is 3.20. The maximum absolute atomic E-state index is 13.8. The molecule has 0 bridgehead atoms. The Labute approximate surface area is 134 Å². The van der Waals surface area contributed by atoms with E-state index in [2.05, 4.69) is 28.2 Å². The summed E-state index contributed by atoms with van der Waals surface area (Å²) < 4.78 is 27.4. The highest BCUT2D eigenvalue weighted by Gasteiger charge is 2.23. The van der Waals surface area contributed by atoms with Gasteiger partial charge >= 0.3 is 0 Å². The molecule has 1 atom stereocenters. The van der Waals surface area contributed by atoms with Crippen molar-refractivity contribution in [1.82, 2.24) is 5.32 Å². The van der Waals surface area contributed by atoms with Crippen molar-refractivity contribution in [2.45, 2.75) is 57.9 Å². The van der Waals surface area contributed by atoms with Crippen molar-refractivity contribution in [3.8, 4) is 0 Å². The molecule has 1 aromatic rings. The average molecular weight is 360 g/mol. The molecule has 0 aromatic heterocycles. The van der Waals surface area contributed by atoms with E-state index in [1.807, 2.05) is 0 Å². The van der Waals surface area contributed by atoms with Crippen LogP contribution in [0.15, 0.2) is 16.6 Å². The fourth-order valence-corrected chi connectivity index (χ4v) is 3.80. The van der Waals surface area contributed by atoms with Gasteiger partial charge in [-0.2, -0.15) is 0 Å². The highest BCUT2D eigenvalue weighted by Crippen LogP contribution is 2.35. The van der Waals surface area contributed by atoms with Crippen LogP contribution in [0.1, 0.15) is 63.5 Å². The van der Waals surface area contributed by atoms with E-state index in [0.717, 1.165) is 24.9 Å². The Morgan fingerprint density at radius 2 is 1.95 bits per heavy atom. The summed E-state index contributed by atoms with van der Waals surface area (Å²) in [5, 5.41) is 3.50. The van der Waals surface area contributed by atoms with Crippen LogP contribution in [0, 0.1) is 17.6 Å². The second-order valence-electron chi connectivity index (χ2n) is 6.01. The zero-order valence-electron chi connectivity index (χ0n) is 12.6. The van der Waals surface area contributed by atoms with Crippen LogP contribution in [0.4, 0.5) is 8.78 Å². The predicted octanol–water partition coefficient (Wildman–Crippen LogP) is 5.74. The highest BCUT2D eigenvalue weighted by molar-refractivity contribution is 9.10. The number of nitrogens with one attached hydrogen (secondary N) is 1. The molecule has 4 heteroatoms. The van der Waals surface area contributed by atoms with Gasteiger partial charge in [-0.3, -0.25) is 0 Å². The molecule has 1 saturated carbocycles. The van der Waals surface area contributed by atoms with Gasteiger partial charge in [-0.15, -0.1) is 0 Å². The SMILES string of the molecule is CCCNC(CC1CCCCC1)c1ccc(F)c(F)c1Br. The fraction of sp³-hybridized carbons (Fsp3) is 0.647. The number of hydrogen-bond acceptors (Lipinski definition) is 1. The molecule has 118 valence electrons. The summed E-state index contributed by atoms with van der Waals surface area (Å²) in [7, 11) is 0. The standard InChI is InChI=1S/C17H24BrF2N/c1-2-10-21-15(11-12-6-4-3-5-7-12)13-8-9-14(19)17(20)16(13)18/h8-9,12,15,21H,2-7,10-11H2,1H3. The van der Waals surface area contributed by atoms with Crippen LogP contribution in [0.2, 0.25) is 0 Å². The van der Waals surface area contributed by atoms with Gasteiger partial charge in [0.25, 0.3) is 0 Å². The number of benzene rings is 1. The normalized spacial score (nSPS) is 17.9. The molecule has 1 aliphatic carbocycles. The quantitative estimate of drug-likeness (QED) is 0.638. The molecule has 0 radical (unpaired) electrons. The minimum atomic E-state index is -0.794. The Balaban J connectivity index is 2.16. The monoisotopic (exact) mass is 359 g/mol. The number of halogens is 3. The Morgan fingerprint density at radius 3 is 2.62 bits per heavy atom. The molecule has 0 amide bonds. The van der Waals surface area contributed by atoms with E-state index >= 15 is 0 Å². The van der Waals surface area contributed by atoms with Gasteiger partial charge in [-0.05, 0) is 52.9 Å². The molecule has 1 fully saturated rings. The van der Waals surface area contributed by atoms with Crippen LogP contribution < -0.4 is 5.32 Å². The molecule has 0 aliphatic heterocycles. The molecule has 0 spiro atoms. The van der Waals surface area contributed by atoms with E-state index in [9.17, 15) is 8.78 Å². The van der Waals surface area contributed by atoms with Gasteiger partial charge in [-0.1, -0.05) is 45.1 Å². The molecule has 1 nitrogen and oxygen atoms in total. The maximum Gasteiger partial charge on any atom is 0.173 e. The van der Waals surface area contributed by atoms with Crippen molar-refractivity contribution in [2.75, 3.05) is 6.54 Å². The summed E-state index contributed by atoms with van der Waals surface area (Å²) in [5.41, 5.74) is 0.841. The topological polar surface area (TPSA) is 12.0 Å². The van der Waals surface area contributed by atoms with Crippen LogP contribution in [0.3, 0.4) is 0 Å². The lowest BCUT2D eigenvalue weighted by molar-refractivity contribution is 0.299. The van der Waals surface area contributed by atoms with Gasteiger partial charge in [0, 0.05) is 6.04 Å². The van der Waals surface area contributed by atoms with Crippen molar-refractivity contribution < 1.29 is 8.78 Å². The van der Waals surface area contributed by atoms with E-state index in [1.165, 1.54) is 38.2 Å². The molecule has 21 heavy (non-hydrogen) atoms. The van der Waals surface area contributed by atoms with Gasteiger partial charge in [0.1, 0.15) is 0 Å². The van der Waals surface area contributed by atoms with Gasteiger partial charge in [-0.25, -0.2) is 8.78 Å². The number of rotatable bonds is 6. The van der Waals surface area contributed by atoms with Crippen molar-refractivity contribution in [3.05, 3.63) is 33.8 Å². The summed E-state index contributed by atoms with van der Waals surface area (Å²) in [6, 6.07) is 3.03. The first-order valence-corrected chi connectivity index (χ1v) is 8.79. The predicted molar refractivity (Wildman–Crippen MR) is 86.3 cm³/mol. The van der Waals surface area contributed by atoms with E-state index in [0.29, 0.717) is 5.92 Å². The first kappa shape index (κ1) is 16.9. The van der Waals surface area contributed by atoms with Crippen LogP contribution >= 0.6 is 15.9 Å². The van der Waals surface area contributed by atoms with E-state index < -0.39 is 11.6 Å². The number of hydrogen-bond donors (Lipinski definition) is 1. The van der Waals surface area contributed by atoms with Crippen molar-refractivity contribution >= 4 is 15.9 Å². The smallest absolute Gasteiger partial charge is 0.173 e. The first-order valence-electron chi connectivity index (χ1n) is 8.00. The van der Waals surface area contributed by atoms with Crippen molar-refractivity contribution in [3.63, 3.8) is 0 Å². The Morgan fingerprint density at radius 1 is 1.24 bits per heavy atom. The summed E-state index contributed by atoms with van der Waals surface area (Å²) in [5.74, 6) is -0.884. The third-order valence-electron chi connectivity index (χ3n) is 4.37. The third-order valence-corrected chi connectivity index (χ3v) is 5.18. The Bertz CT molecular complexity index is 458. The molecule has 1 unspecified atom stereocenters. The Hall–Kier alpha value is -0.480. The zero-order chi connectivity index (χ0) is 15.2. The summed E-state index contributed by atoms with van der Waals surface area (Å²) >= 11 is 3.23. The van der Waals surface area contributed by atoms with Crippen LogP contribution in [0.25, 0.3) is 0 Å². The van der Waals surface area contributed by atoms with Gasteiger partial charge in [0.05, 0.1) is 4.47 Å². The van der Waals surface area contributed by atoms with Crippen molar-refractivity contribution in [1.29, 1.82) is 0 Å². The second kappa shape index (κ2) is 8.23. The Kier molecular flexibility index (Phi) is 6.62. The molecule has 0 saturated heterocycles. The van der Waals surface area contributed by atoms with Crippen LogP contribution in [0.5, 0.6) is 0 Å². The largest absolute Gasteiger partial charge is 0.310 e. The highest BCUT2D eigenvalue weighted by atomic mass is 79.9. The van der Waals surface area contributed by atoms with Crippen LogP contribution in [-0.2, 0) is 0 Å². The first-order chi connectivity index (χ1) is 10.1. The summed E-state index contributed by atoms with van der Waals surface area (Å²) in [4.78, 5) is 0. The van der Waals surface area contributed by atoms with E-state index in [4.69, 9.17) is 0 Å². The van der Waals surface area contributed by atoms with Gasteiger partial charge in [0.2, 0.25) is 0 Å². The molecule has 1 aliphatic rings. The lowest BCUT2D eigenvalue weighted by atomic mass is 9.83. The minimum Gasteiger partial charge on any atom is -0.310 e. The van der Waals surface area contributed by atoms with E-state index in [1.54, 1.807) is 6.07 Å². The molecular formula is C17H24BrF2N.